The smallest absolute Gasteiger partial charge is 0.0163 e. The SMILES string of the molecule is CC1(C)CSCC(NCCC2CCC2)C1. The Morgan fingerprint density at radius 3 is 2.73 bits per heavy atom. The van der Waals surface area contributed by atoms with Gasteiger partial charge in [0.05, 0.1) is 0 Å². The molecule has 15 heavy (non-hydrogen) atoms. The molecule has 2 rings (SSSR count). The second kappa shape index (κ2) is 5.09. The largest absolute Gasteiger partial charge is 0.313 e. The van der Waals surface area contributed by atoms with Gasteiger partial charge in [-0.15, -0.1) is 0 Å². The second-order valence-electron chi connectivity index (χ2n) is 6.12. The summed E-state index contributed by atoms with van der Waals surface area (Å²) in [6, 6.07) is 0.777. The van der Waals surface area contributed by atoms with Gasteiger partial charge in [0.15, 0.2) is 0 Å². The van der Waals surface area contributed by atoms with Gasteiger partial charge in [0.25, 0.3) is 0 Å². The highest BCUT2D eigenvalue weighted by Crippen LogP contribution is 2.33. The molecular weight excluding hydrogens is 202 g/mol. The average molecular weight is 227 g/mol. The van der Waals surface area contributed by atoms with Crippen LogP contribution in [0.1, 0.15) is 46.0 Å². The fourth-order valence-corrected chi connectivity index (χ4v) is 3.98. The van der Waals surface area contributed by atoms with E-state index in [2.05, 4.69) is 30.9 Å². The van der Waals surface area contributed by atoms with Crippen LogP contribution in [0.3, 0.4) is 0 Å². The number of rotatable bonds is 4. The van der Waals surface area contributed by atoms with E-state index in [-0.39, 0.29) is 0 Å². The Labute approximate surface area is 98.8 Å². The molecule has 0 aromatic heterocycles. The summed E-state index contributed by atoms with van der Waals surface area (Å²) in [5.41, 5.74) is 0.553. The Kier molecular flexibility index (Phi) is 4.00. The molecule has 1 N–H and O–H groups in total. The number of thioether (sulfide) groups is 1. The number of hydrogen-bond donors (Lipinski definition) is 1. The van der Waals surface area contributed by atoms with E-state index in [1.165, 1.54) is 50.2 Å². The van der Waals surface area contributed by atoms with Crippen LogP contribution in [0.5, 0.6) is 0 Å². The monoisotopic (exact) mass is 227 g/mol. The highest BCUT2D eigenvalue weighted by Gasteiger charge is 2.28. The fraction of sp³-hybridized carbons (Fsp3) is 1.00. The molecule has 0 spiro atoms. The Hall–Kier alpha value is 0.310. The van der Waals surface area contributed by atoms with E-state index in [1.54, 1.807) is 0 Å². The van der Waals surface area contributed by atoms with Crippen molar-refractivity contribution in [2.75, 3.05) is 18.1 Å². The van der Waals surface area contributed by atoms with Gasteiger partial charge in [0, 0.05) is 11.8 Å². The maximum atomic E-state index is 3.76. The van der Waals surface area contributed by atoms with E-state index in [1.807, 2.05) is 0 Å². The summed E-state index contributed by atoms with van der Waals surface area (Å²) in [4.78, 5) is 0. The lowest BCUT2D eigenvalue weighted by atomic mass is 9.83. The van der Waals surface area contributed by atoms with E-state index in [0.717, 1.165) is 12.0 Å². The van der Waals surface area contributed by atoms with Gasteiger partial charge in [-0.05, 0) is 36.5 Å². The average Bonchev–Trinajstić information content (AvgIpc) is 2.08. The molecule has 0 amide bonds. The molecule has 2 aliphatic rings. The lowest BCUT2D eigenvalue weighted by Crippen LogP contribution is -2.41. The molecule has 0 radical (unpaired) electrons. The standard InChI is InChI=1S/C13H25NS/c1-13(2)8-12(9-15-10-13)14-7-6-11-4-3-5-11/h11-12,14H,3-10H2,1-2H3. The van der Waals surface area contributed by atoms with Crippen molar-refractivity contribution in [1.82, 2.24) is 5.32 Å². The summed E-state index contributed by atoms with van der Waals surface area (Å²) in [6.07, 6.45) is 7.25. The quantitative estimate of drug-likeness (QED) is 0.791. The second-order valence-corrected chi connectivity index (χ2v) is 7.15. The van der Waals surface area contributed by atoms with Crippen molar-refractivity contribution < 1.29 is 0 Å². The molecule has 2 heteroatoms. The van der Waals surface area contributed by atoms with Crippen LogP contribution in [0.2, 0.25) is 0 Å². The third-order valence-corrected chi connectivity index (χ3v) is 5.44. The zero-order valence-electron chi connectivity index (χ0n) is 10.2. The van der Waals surface area contributed by atoms with Crippen molar-refractivity contribution in [2.45, 2.75) is 52.0 Å². The zero-order chi connectivity index (χ0) is 10.7. The van der Waals surface area contributed by atoms with Gasteiger partial charge >= 0.3 is 0 Å². The summed E-state index contributed by atoms with van der Waals surface area (Å²) >= 11 is 2.13. The van der Waals surface area contributed by atoms with E-state index in [0.29, 0.717) is 5.41 Å². The van der Waals surface area contributed by atoms with Crippen LogP contribution < -0.4 is 5.32 Å². The van der Waals surface area contributed by atoms with Crippen molar-refractivity contribution in [1.29, 1.82) is 0 Å². The van der Waals surface area contributed by atoms with Crippen LogP contribution >= 0.6 is 11.8 Å². The van der Waals surface area contributed by atoms with E-state index >= 15 is 0 Å². The maximum absolute atomic E-state index is 3.76. The van der Waals surface area contributed by atoms with Gasteiger partial charge in [-0.25, -0.2) is 0 Å². The summed E-state index contributed by atoms with van der Waals surface area (Å²) in [6.45, 7) is 6.06. The lowest BCUT2D eigenvalue weighted by Gasteiger charge is -2.35. The van der Waals surface area contributed by atoms with Crippen LogP contribution in [-0.2, 0) is 0 Å². The fourth-order valence-electron chi connectivity index (χ4n) is 2.67. The summed E-state index contributed by atoms with van der Waals surface area (Å²) < 4.78 is 0. The third kappa shape index (κ3) is 3.67. The van der Waals surface area contributed by atoms with Crippen LogP contribution in [0.4, 0.5) is 0 Å². The molecule has 0 bridgehead atoms. The summed E-state index contributed by atoms with van der Waals surface area (Å²) in [7, 11) is 0. The zero-order valence-corrected chi connectivity index (χ0v) is 11.0. The third-order valence-electron chi connectivity index (χ3n) is 3.82. The van der Waals surface area contributed by atoms with Crippen LogP contribution in [0.25, 0.3) is 0 Å². The van der Waals surface area contributed by atoms with E-state index in [9.17, 15) is 0 Å². The van der Waals surface area contributed by atoms with Crippen LogP contribution in [0, 0.1) is 11.3 Å². The van der Waals surface area contributed by atoms with Crippen molar-refractivity contribution in [3.05, 3.63) is 0 Å². The lowest BCUT2D eigenvalue weighted by molar-refractivity contribution is 0.273. The molecule has 1 saturated carbocycles. The first kappa shape index (κ1) is 11.8. The Balaban J connectivity index is 1.61. The predicted molar refractivity (Wildman–Crippen MR) is 69.5 cm³/mol. The molecule has 2 fully saturated rings. The maximum Gasteiger partial charge on any atom is 0.0163 e. The van der Waals surface area contributed by atoms with Gasteiger partial charge in [-0.3, -0.25) is 0 Å². The molecule has 1 aliphatic carbocycles. The van der Waals surface area contributed by atoms with Crippen molar-refractivity contribution in [2.24, 2.45) is 11.3 Å². The van der Waals surface area contributed by atoms with Crippen molar-refractivity contribution in [3.8, 4) is 0 Å². The first-order valence-corrected chi connectivity index (χ1v) is 7.62. The molecule has 0 aromatic rings. The highest BCUT2D eigenvalue weighted by molar-refractivity contribution is 7.99. The Morgan fingerprint density at radius 1 is 1.33 bits per heavy atom. The van der Waals surface area contributed by atoms with E-state index < -0.39 is 0 Å². The van der Waals surface area contributed by atoms with Gasteiger partial charge in [-0.1, -0.05) is 33.1 Å². The first-order chi connectivity index (χ1) is 7.16. The first-order valence-electron chi connectivity index (χ1n) is 6.47. The highest BCUT2D eigenvalue weighted by atomic mass is 32.2. The van der Waals surface area contributed by atoms with E-state index in [4.69, 9.17) is 0 Å². The number of hydrogen-bond acceptors (Lipinski definition) is 2. The van der Waals surface area contributed by atoms with Crippen molar-refractivity contribution in [3.63, 3.8) is 0 Å². The van der Waals surface area contributed by atoms with Crippen molar-refractivity contribution >= 4 is 11.8 Å². The van der Waals surface area contributed by atoms with Crippen LogP contribution in [0.15, 0.2) is 0 Å². The predicted octanol–water partition coefficient (Wildman–Crippen LogP) is 3.30. The van der Waals surface area contributed by atoms with Gasteiger partial charge in [-0.2, -0.15) is 11.8 Å². The van der Waals surface area contributed by atoms with Crippen LogP contribution in [-0.4, -0.2) is 24.1 Å². The Bertz CT molecular complexity index is 199. The molecule has 1 nitrogen and oxygen atoms in total. The minimum Gasteiger partial charge on any atom is -0.313 e. The van der Waals surface area contributed by atoms with Gasteiger partial charge < -0.3 is 5.32 Å². The molecule has 1 saturated heterocycles. The molecule has 1 unspecified atom stereocenters. The summed E-state index contributed by atoms with van der Waals surface area (Å²) in [5.74, 6) is 3.73. The topological polar surface area (TPSA) is 12.0 Å². The normalized spacial score (nSPS) is 31.2. The Morgan fingerprint density at radius 2 is 2.13 bits per heavy atom. The minimum absolute atomic E-state index is 0.553. The minimum atomic E-state index is 0.553. The number of nitrogens with one attached hydrogen (secondary N) is 1. The molecule has 1 atom stereocenters. The molecule has 1 aliphatic heterocycles. The molecule has 0 aromatic carbocycles. The van der Waals surface area contributed by atoms with Gasteiger partial charge in [0.2, 0.25) is 0 Å². The molecule has 88 valence electrons. The van der Waals surface area contributed by atoms with Gasteiger partial charge in [0.1, 0.15) is 0 Å². The summed E-state index contributed by atoms with van der Waals surface area (Å²) in [5, 5.41) is 3.76. The molecule has 1 heterocycles. The molecular formula is C13H25NS.